The Morgan fingerprint density at radius 2 is 2.09 bits per heavy atom. The van der Waals surface area contributed by atoms with Crippen molar-refractivity contribution in [2.75, 3.05) is 12.8 Å². The molecule has 1 heterocycles. The van der Waals surface area contributed by atoms with Crippen LogP contribution in [0.2, 0.25) is 0 Å². The first-order chi connectivity index (χ1) is 9.95. The van der Waals surface area contributed by atoms with Gasteiger partial charge >= 0.3 is 12.3 Å². The molecule has 1 aromatic rings. The number of fused-ring (bicyclic) bond motifs is 1. The predicted octanol–water partition coefficient (Wildman–Crippen LogP) is 4.23. The minimum absolute atomic E-state index is 0.213. The molecule has 1 amide bonds. The molecule has 0 fully saturated rings. The van der Waals surface area contributed by atoms with Crippen molar-refractivity contribution in [2.45, 2.75) is 32.0 Å². The number of carboxylic acid groups (broad SMARTS) is 1. The first kappa shape index (κ1) is 17.0. The van der Waals surface area contributed by atoms with Crippen LogP contribution in [0.3, 0.4) is 0 Å². The Labute approximate surface area is 130 Å². The van der Waals surface area contributed by atoms with Crippen LogP contribution in [0.5, 0.6) is 5.75 Å². The summed E-state index contributed by atoms with van der Waals surface area (Å²) in [6, 6.07) is 4.94. The molecule has 8 heteroatoms. The Bertz CT molecular complexity index is 603. The SMILES string of the molecule is CC1(C)Cc2cccc([N+](C)(SCC(F)(F)F)C(=O)O)c2O1. The van der Waals surface area contributed by atoms with Crippen LogP contribution in [-0.4, -0.2) is 35.8 Å². The number of hydrogen-bond donors (Lipinski definition) is 1. The summed E-state index contributed by atoms with van der Waals surface area (Å²) in [6.45, 7) is 3.70. The molecule has 0 saturated heterocycles. The fraction of sp³-hybridized carbons (Fsp3) is 0.500. The average molecular weight is 336 g/mol. The minimum Gasteiger partial charge on any atom is -0.481 e. The van der Waals surface area contributed by atoms with Crippen LogP contribution in [0, 0.1) is 0 Å². The van der Waals surface area contributed by atoms with Gasteiger partial charge in [0.05, 0.1) is 7.05 Å². The molecular formula is C14H17F3NO3S+. The number of nitrogens with zero attached hydrogens (tertiary/aromatic N) is 1. The van der Waals surface area contributed by atoms with Crippen molar-refractivity contribution in [3.05, 3.63) is 23.8 Å². The van der Waals surface area contributed by atoms with Gasteiger partial charge in [0.1, 0.15) is 23.3 Å². The highest BCUT2D eigenvalue weighted by Crippen LogP contribution is 2.47. The van der Waals surface area contributed by atoms with Crippen molar-refractivity contribution < 1.29 is 27.8 Å². The molecule has 1 aromatic carbocycles. The van der Waals surface area contributed by atoms with Crippen LogP contribution in [-0.2, 0) is 6.42 Å². The normalized spacial score (nSPS) is 19.2. The number of para-hydroxylation sites is 1. The number of rotatable bonds is 3. The Morgan fingerprint density at radius 1 is 1.45 bits per heavy atom. The number of hydrogen-bond acceptors (Lipinski definition) is 3. The van der Waals surface area contributed by atoms with Gasteiger partial charge in [0.15, 0.2) is 11.4 Å². The van der Waals surface area contributed by atoms with Gasteiger partial charge in [-0.15, -0.1) is 3.89 Å². The van der Waals surface area contributed by atoms with E-state index in [1.54, 1.807) is 12.1 Å². The lowest BCUT2D eigenvalue weighted by Crippen LogP contribution is -2.44. The summed E-state index contributed by atoms with van der Waals surface area (Å²) in [4.78, 5) is 11.6. The molecule has 0 bridgehead atoms. The molecule has 0 aromatic heterocycles. The highest BCUT2D eigenvalue weighted by Gasteiger charge is 2.46. The van der Waals surface area contributed by atoms with E-state index in [2.05, 4.69) is 0 Å². The van der Waals surface area contributed by atoms with E-state index in [-0.39, 0.29) is 5.69 Å². The summed E-state index contributed by atoms with van der Waals surface area (Å²) in [5.41, 5.74) is 0.516. The maximum Gasteiger partial charge on any atom is 0.530 e. The first-order valence-electron chi connectivity index (χ1n) is 6.57. The third-order valence-corrected chi connectivity index (χ3v) is 4.71. The van der Waals surface area contributed by atoms with Crippen LogP contribution in [0.1, 0.15) is 19.4 Å². The largest absolute Gasteiger partial charge is 0.530 e. The van der Waals surface area contributed by atoms with Gasteiger partial charge in [0.25, 0.3) is 0 Å². The van der Waals surface area contributed by atoms with Gasteiger partial charge in [0, 0.05) is 18.1 Å². The number of halogens is 3. The molecule has 0 aliphatic carbocycles. The number of benzene rings is 1. The number of quaternary nitrogens is 1. The monoisotopic (exact) mass is 336 g/mol. The van der Waals surface area contributed by atoms with E-state index in [9.17, 15) is 23.1 Å². The number of carbonyl (C=O) groups is 1. The van der Waals surface area contributed by atoms with E-state index >= 15 is 0 Å². The highest BCUT2D eigenvalue weighted by atomic mass is 32.2. The molecule has 4 nitrogen and oxygen atoms in total. The van der Waals surface area contributed by atoms with Gasteiger partial charge in [-0.1, -0.05) is 12.1 Å². The summed E-state index contributed by atoms with van der Waals surface area (Å²) >= 11 is 0.291. The zero-order valence-electron chi connectivity index (χ0n) is 12.4. The summed E-state index contributed by atoms with van der Waals surface area (Å²) in [5, 5.41) is 9.47. The van der Waals surface area contributed by atoms with Crippen molar-refractivity contribution >= 4 is 23.7 Å². The van der Waals surface area contributed by atoms with Crippen molar-refractivity contribution in [2.24, 2.45) is 0 Å². The van der Waals surface area contributed by atoms with E-state index in [1.807, 2.05) is 13.8 Å². The lowest BCUT2D eigenvalue weighted by Gasteiger charge is -2.27. The smallest absolute Gasteiger partial charge is 0.481 e. The Kier molecular flexibility index (Phi) is 4.12. The minimum atomic E-state index is -4.45. The molecule has 22 heavy (non-hydrogen) atoms. The highest BCUT2D eigenvalue weighted by molar-refractivity contribution is 7.99. The Morgan fingerprint density at radius 3 is 2.64 bits per heavy atom. The Balaban J connectivity index is 2.44. The van der Waals surface area contributed by atoms with Gasteiger partial charge in [-0.25, -0.2) is 0 Å². The third-order valence-electron chi connectivity index (χ3n) is 3.38. The zero-order valence-corrected chi connectivity index (χ0v) is 13.2. The molecule has 0 radical (unpaired) electrons. The van der Waals surface area contributed by atoms with Crippen molar-refractivity contribution in [3.63, 3.8) is 0 Å². The van der Waals surface area contributed by atoms with Gasteiger partial charge in [0.2, 0.25) is 0 Å². The lowest BCUT2D eigenvalue weighted by molar-refractivity contribution is -0.105. The van der Waals surface area contributed by atoms with E-state index in [1.165, 1.54) is 13.1 Å². The Hall–Kier alpha value is -1.41. The van der Waals surface area contributed by atoms with Crippen molar-refractivity contribution in [3.8, 4) is 5.75 Å². The molecule has 0 saturated carbocycles. The lowest BCUT2D eigenvalue weighted by atomic mass is 10.0. The summed E-state index contributed by atoms with van der Waals surface area (Å²) < 4.78 is 42.4. The molecule has 1 aliphatic heterocycles. The molecule has 1 atom stereocenters. The number of amides is 1. The molecule has 0 spiro atoms. The van der Waals surface area contributed by atoms with Crippen LogP contribution < -0.4 is 8.63 Å². The molecule has 122 valence electrons. The van der Waals surface area contributed by atoms with E-state index in [0.717, 1.165) is 5.56 Å². The van der Waals surface area contributed by atoms with Crippen LogP contribution >= 0.6 is 11.9 Å². The fourth-order valence-electron chi connectivity index (χ4n) is 2.37. The second-order valence-electron chi connectivity index (χ2n) is 5.90. The molecule has 1 N–H and O–H groups in total. The molecule has 1 aliphatic rings. The molecule has 1 unspecified atom stereocenters. The zero-order chi connectivity index (χ0) is 16.8. The number of ether oxygens (including phenoxy) is 1. The van der Waals surface area contributed by atoms with Crippen molar-refractivity contribution in [1.82, 2.24) is 3.89 Å². The maximum absolute atomic E-state index is 12.5. The summed E-state index contributed by atoms with van der Waals surface area (Å²) in [6.07, 6.45) is -5.24. The standard InChI is InChI=1S/C14H16F3NO3S/c1-13(2)7-9-5-4-6-10(11(9)21-13)18(3,12(19)20)22-8-14(15,16)17/h4-6H,7-8H2,1-3H3/p+1. The summed E-state index contributed by atoms with van der Waals surface area (Å²) in [7, 11) is 1.23. The van der Waals surface area contributed by atoms with Crippen molar-refractivity contribution in [1.29, 1.82) is 0 Å². The quantitative estimate of drug-likeness (QED) is 0.663. The molecular weight excluding hydrogens is 319 g/mol. The van der Waals surface area contributed by atoms with E-state index < -0.39 is 27.5 Å². The van der Waals surface area contributed by atoms with Crippen LogP contribution in [0.4, 0.5) is 23.7 Å². The van der Waals surface area contributed by atoms with E-state index in [0.29, 0.717) is 24.1 Å². The van der Waals surface area contributed by atoms with Crippen LogP contribution in [0.15, 0.2) is 18.2 Å². The second-order valence-corrected chi connectivity index (χ2v) is 7.18. The second kappa shape index (κ2) is 5.34. The topological polar surface area (TPSA) is 46.5 Å². The van der Waals surface area contributed by atoms with Crippen LogP contribution in [0.25, 0.3) is 0 Å². The number of alkyl halides is 3. The molecule has 2 rings (SSSR count). The summed E-state index contributed by atoms with van der Waals surface area (Å²) in [5.74, 6) is -0.893. The average Bonchev–Trinajstić information content (AvgIpc) is 2.68. The van der Waals surface area contributed by atoms with E-state index in [4.69, 9.17) is 4.74 Å². The van der Waals surface area contributed by atoms with Gasteiger partial charge in [-0.2, -0.15) is 18.0 Å². The maximum atomic E-state index is 12.5. The fourth-order valence-corrected chi connectivity index (χ4v) is 3.16. The van der Waals surface area contributed by atoms with Gasteiger partial charge < -0.3 is 9.84 Å². The first-order valence-corrected chi connectivity index (χ1v) is 7.52. The third kappa shape index (κ3) is 3.33. The van der Waals surface area contributed by atoms with Gasteiger partial charge in [-0.05, 0) is 13.8 Å². The van der Waals surface area contributed by atoms with Gasteiger partial charge in [-0.3, -0.25) is 0 Å². The predicted molar refractivity (Wildman–Crippen MR) is 79.1 cm³/mol.